The fourth-order valence-corrected chi connectivity index (χ4v) is 3.96. The van der Waals surface area contributed by atoms with Crippen LogP contribution in [0.5, 0.6) is 0 Å². The standard InChI is InChI=1S/C17H34N2/c1-15-8-6-9-16(14-15)18-12-7-13-19(2)17-10-4-3-5-11-17/h15-18H,3-14H2,1-2H3. The minimum atomic E-state index is 0.809. The molecule has 2 saturated carbocycles. The van der Waals surface area contributed by atoms with Crippen molar-refractivity contribution in [2.75, 3.05) is 20.1 Å². The van der Waals surface area contributed by atoms with Gasteiger partial charge in [-0.15, -0.1) is 0 Å². The topological polar surface area (TPSA) is 15.3 Å². The lowest BCUT2D eigenvalue weighted by molar-refractivity contribution is 0.188. The highest BCUT2D eigenvalue weighted by molar-refractivity contribution is 4.77. The predicted octanol–water partition coefficient (Wildman–Crippen LogP) is 3.81. The number of nitrogens with one attached hydrogen (secondary N) is 1. The van der Waals surface area contributed by atoms with Crippen LogP contribution in [-0.4, -0.2) is 37.1 Å². The maximum atomic E-state index is 3.78. The van der Waals surface area contributed by atoms with E-state index < -0.39 is 0 Å². The van der Waals surface area contributed by atoms with Gasteiger partial charge >= 0.3 is 0 Å². The summed E-state index contributed by atoms with van der Waals surface area (Å²) in [6.07, 6.45) is 14.2. The van der Waals surface area contributed by atoms with E-state index in [4.69, 9.17) is 0 Å². The Morgan fingerprint density at radius 3 is 2.53 bits per heavy atom. The van der Waals surface area contributed by atoms with Gasteiger partial charge in [0.25, 0.3) is 0 Å². The zero-order valence-corrected chi connectivity index (χ0v) is 13.2. The SMILES string of the molecule is CC1CCCC(NCCCN(C)C2CCCCC2)C1. The Morgan fingerprint density at radius 2 is 1.79 bits per heavy atom. The molecule has 19 heavy (non-hydrogen) atoms. The first kappa shape index (κ1) is 15.3. The van der Waals surface area contributed by atoms with Crippen LogP contribution in [0, 0.1) is 5.92 Å². The molecular formula is C17H34N2. The average molecular weight is 266 g/mol. The van der Waals surface area contributed by atoms with Crippen molar-refractivity contribution in [1.82, 2.24) is 10.2 Å². The van der Waals surface area contributed by atoms with E-state index in [0.717, 1.165) is 18.0 Å². The van der Waals surface area contributed by atoms with Gasteiger partial charge in [0.15, 0.2) is 0 Å². The highest BCUT2D eigenvalue weighted by atomic mass is 15.1. The quantitative estimate of drug-likeness (QED) is 0.736. The first-order chi connectivity index (χ1) is 9.25. The van der Waals surface area contributed by atoms with Gasteiger partial charge in [-0.3, -0.25) is 0 Å². The van der Waals surface area contributed by atoms with Crippen LogP contribution in [0.3, 0.4) is 0 Å². The van der Waals surface area contributed by atoms with Gasteiger partial charge in [-0.1, -0.05) is 39.0 Å². The van der Waals surface area contributed by atoms with Crippen molar-refractivity contribution < 1.29 is 0 Å². The van der Waals surface area contributed by atoms with Crippen molar-refractivity contribution in [3.63, 3.8) is 0 Å². The Bertz CT molecular complexity index is 235. The molecule has 0 aliphatic heterocycles. The summed E-state index contributed by atoms with van der Waals surface area (Å²) >= 11 is 0. The lowest BCUT2D eigenvalue weighted by Gasteiger charge is -2.32. The minimum absolute atomic E-state index is 0.809. The molecule has 0 heterocycles. The Kier molecular flexibility index (Phi) is 6.66. The molecule has 2 aliphatic rings. The third kappa shape index (κ3) is 5.43. The molecule has 0 aromatic carbocycles. The molecule has 0 aromatic rings. The summed E-state index contributed by atoms with van der Waals surface area (Å²) in [4.78, 5) is 2.62. The normalized spacial score (nSPS) is 29.8. The molecule has 2 heteroatoms. The fraction of sp³-hybridized carbons (Fsp3) is 1.00. The number of hydrogen-bond donors (Lipinski definition) is 1. The molecule has 1 N–H and O–H groups in total. The lowest BCUT2D eigenvalue weighted by Crippen LogP contribution is -2.37. The summed E-state index contributed by atoms with van der Waals surface area (Å²) in [5, 5.41) is 3.78. The number of nitrogens with zero attached hydrogens (tertiary/aromatic N) is 1. The van der Waals surface area contributed by atoms with E-state index in [1.807, 2.05) is 0 Å². The van der Waals surface area contributed by atoms with E-state index in [1.165, 1.54) is 77.3 Å². The number of hydrogen-bond acceptors (Lipinski definition) is 2. The van der Waals surface area contributed by atoms with Crippen molar-refractivity contribution in [1.29, 1.82) is 0 Å². The van der Waals surface area contributed by atoms with Crippen LogP contribution in [0.1, 0.15) is 71.1 Å². The summed E-state index contributed by atoms with van der Waals surface area (Å²) in [5.74, 6) is 0.941. The zero-order valence-electron chi connectivity index (χ0n) is 13.2. The Balaban J connectivity index is 1.53. The molecule has 0 spiro atoms. The molecule has 2 rings (SSSR count). The van der Waals surface area contributed by atoms with Gasteiger partial charge in [-0.05, 0) is 58.2 Å². The highest BCUT2D eigenvalue weighted by Crippen LogP contribution is 2.23. The van der Waals surface area contributed by atoms with Gasteiger partial charge in [0, 0.05) is 12.1 Å². The van der Waals surface area contributed by atoms with Crippen LogP contribution < -0.4 is 5.32 Å². The third-order valence-corrected chi connectivity index (χ3v) is 5.26. The summed E-state index contributed by atoms with van der Waals surface area (Å²) in [7, 11) is 2.33. The first-order valence-corrected chi connectivity index (χ1v) is 8.69. The van der Waals surface area contributed by atoms with Crippen LogP contribution >= 0.6 is 0 Å². The lowest BCUT2D eigenvalue weighted by atomic mass is 9.87. The van der Waals surface area contributed by atoms with Crippen LogP contribution in [0.4, 0.5) is 0 Å². The third-order valence-electron chi connectivity index (χ3n) is 5.26. The summed E-state index contributed by atoms with van der Waals surface area (Å²) in [6, 6.07) is 1.69. The second-order valence-corrected chi connectivity index (χ2v) is 7.05. The van der Waals surface area contributed by atoms with E-state index in [9.17, 15) is 0 Å². The van der Waals surface area contributed by atoms with Crippen LogP contribution in [0.2, 0.25) is 0 Å². The summed E-state index contributed by atoms with van der Waals surface area (Å²) in [5.41, 5.74) is 0. The van der Waals surface area contributed by atoms with Crippen molar-refractivity contribution >= 4 is 0 Å². The van der Waals surface area contributed by atoms with Crippen LogP contribution in [-0.2, 0) is 0 Å². The maximum absolute atomic E-state index is 3.78. The summed E-state index contributed by atoms with van der Waals surface area (Å²) < 4.78 is 0. The molecule has 0 radical (unpaired) electrons. The Labute approximate surface area is 120 Å². The van der Waals surface area contributed by atoms with Crippen molar-refractivity contribution in [2.24, 2.45) is 5.92 Å². The van der Waals surface area contributed by atoms with E-state index in [1.54, 1.807) is 0 Å². The molecule has 112 valence electrons. The molecule has 0 saturated heterocycles. The van der Waals surface area contributed by atoms with Gasteiger partial charge in [0.05, 0.1) is 0 Å². The zero-order chi connectivity index (χ0) is 13.5. The van der Waals surface area contributed by atoms with Gasteiger partial charge in [0.2, 0.25) is 0 Å². The summed E-state index contributed by atoms with van der Waals surface area (Å²) in [6.45, 7) is 4.90. The average Bonchev–Trinajstić information content (AvgIpc) is 2.44. The van der Waals surface area contributed by atoms with Crippen molar-refractivity contribution in [2.45, 2.75) is 83.2 Å². The van der Waals surface area contributed by atoms with Crippen molar-refractivity contribution in [3.8, 4) is 0 Å². The Morgan fingerprint density at radius 1 is 1.00 bits per heavy atom. The monoisotopic (exact) mass is 266 g/mol. The van der Waals surface area contributed by atoms with Gasteiger partial charge < -0.3 is 10.2 Å². The molecule has 0 bridgehead atoms. The van der Waals surface area contributed by atoms with Gasteiger partial charge in [0.1, 0.15) is 0 Å². The Hall–Kier alpha value is -0.0800. The first-order valence-electron chi connectivity index (χ1n) is 8.69. The second kappa shape index (κ2) is 8.26. The molecule has 2 atom stereocenters. The number of rotatable bonds is 6. The van der Waals surface area contributed by atoms with E-state index in [2.05, 4.69) is 24.2 Å². The van der Waals surface area contributed by atoms with Crippen molar-refractivity contribution in [3.05, 3.63) is 0 Å². The van der Waals surface area contributed by atoms with Crippen LogP contribution in [0.25, 0.3) is 0 Å². The molecule has 2 aliphatic carbocycles. The molecule has 0 amide bonds. The molecule has 2 fully saturated rings. The van der Waals surface area contributed by atoms with E-state index >= 15 is 0 Å². The maximum Gasteiger partial charge on any atom is 0.00922 e. The smallest absolute Gasteiger partial charge is 0.00922 e. The van der Waals surface area contributed by atoms with Gasteiger partial charge in [-0.25, -0.2) is 0 Å². The minimum Gasteiger partial charge on any atom is -0.314 e. The molecular weight excluding hydrogens is 232 g/mol. The molecule has 2 nitrogen and oxygen atoms in total. The second-order valence-electron chi connectivity index (χ2n) is 7.05. The van der Waals surface area contributed by atoms with Crippen LogP contribution in [0.15, 0.2) is 0 Å². The van der Waals surface area contributed by atoms with E-state index in [-0.39, 0.29) is 0 Å². The van der Waals surface area contributed by atoms with Gasteiger partial charge in [-0.2, -0.15) is 0 Å². The van der Waals surface area contributed by atoms with E-state index in [0.29, 0.717) is 0 Å². The predicted molar refractivity (Wildman–Crippen MR) is 83.5 cm³/mol. The molecule has 2 unspecified atom stereocenters. The highest BCUT2D eigenvalue weighted by Gasteiger charge is 2.19. The fourth-order valence-electron chi connectivity index (χ4n) is 3.96. The largest absolute Gasteiger partial charge is 0.314 e. The molecule has 0 aromatic heterocycles.